The number of ether oxygens (including phenoxy) is 1. The van der Waals surface area contributed by atoms with Crippen molar-refractivity contribution in [3.05, 3.63) is 65.2 Å². The molecule has 2 aromatic carbocycles. The molecule has 5 aliphatic rings. The summed E-state index contributed by atoms with van der Waals surface area (Å²) < 4.78 is 5.56. The van der Waals surface area contributed by atoms with Crippen molar-refractivity contribution in [3.8, 4) is 0 Å². The molecule has 2 aromatic rings. The third-order valence-corrected chi connectivity index (χ3v) is 11.3. The highest BCUT2D eigenvalue weighted by molar-refractivity contribution is 6.23. The van der Waals surface area contributed by atoms with Gasteiger partial charge in [0.2, 0.25) is 11.8 Å². The van der Waals surface area contributed by atoms with Crippen molar-refractivity contribution in [3.63, 3.8) is 0 Å². The number of nitrogens with one attached hydrogen (secondary N) is 1. The van der Waals surface area contributed by atoms with Gasteiger partial charge in [-0.15, -0.1) is 0 Å². The van der Waals surface area contributed by atoms with E-state index < -0.39 is 23.8 Å². The van der Waals surface area contributed by atoms with Gasteiger partial charge in [0.25, 0.3) is 11.8 Å². The quantitative estimate of drug-likeness (QED) is 0.390. The first-order valence-electron chi connectivity index (χ1n) is 18.5. The molecule has 0 radical (unpaired) electrons. The van der Waals surface area contributed by atoms with E-state index in [4.69, 9.17) is 4.74 Å². The zero-order chi connectivity index (χ0) is 35.5. The van der Waals surface area contributed by atoms with E-state index in [1.165, 1.54) is 12.8 Å². The summed E-state index contributed by atoms with van der Waals surface area (Å²) in [4.78, 5) is 75.8. The molecule has 4 saturated heterocycles. The standard InChI is InChI=1S/C38H49N7O6/c1-27-24-44(38(50)51-26-29-5-3-2-4-6-29)22-21-42(27)18-15-40-13-11-28(12-14-40)25-41-16-19-43(20-17-41)30-7-8-31-32(23-30)37(49)45(36(31)48)33-9-10-34(46)39-35(33)47/h2-8,23,27-28,33H,9-22,24-26H2,1H3,(H,39,46,47)/t27-,33?/m0/s1. The molecule has 0 spiro atoms. The number of imide groups is 2. The van der Waals surface area contributed by atoms with Gasteiger partial charge in [-0.2, -0.15) is 0 Å². The Balaban J connectivity index is 0.805. The van der Waals surface area contributed by atoms with Crippen LogP contribution in [0, 0.1) is 5.92 Å². The van der Waals surface area contributed by atoms with Crippen LogP contribution in [0.4, 0.5) is 10.5 Å². The lowest BCUT2D eigenvalue weighted by atomic mass is 9.96. The Morgan fingerprint density at radius 2 is 1.55 bits per heavy atom. The second kappa shape index (κ2) is 15.5. The van der Waals surface area contributed by atoms with Crippen LogP contribution in [0.15, 0.2) is 48.5 Å². The SMILES string of the molecule is C[C@H]1CN(C(=O)OCc2ccccc2)CCN1CCN1CCC(CN2CCN(c3ccc4c(c3)C(=O)N(C3CCC(=O)NC3=O)C4=O)CC2)CC1. The predicted octanol–water partition coefficient (Wildman–Crippen LogP) is 2.26. The highest BCUT2D eigenvalue weighted by atomic mass is 16.6. The number of carbonyl (C=O) groups is 5. The zero-order valence-electron chi connectivity index (χ0n) is 29.5. The molecule has 5 amide bonds. The predicted molar refractivity (Wildman–Crippen MR) is 190 cm³/mol. The first kappa shape index (κ1) is 35.1. The van der Waals surface area contributed by atoms with E-state index >= 15 is 0 Å². The van der Waals surface area contributed by atoms with Crippen molar-refractivity contribution >= 4 is 35.4 Å². The fourth-order valence-corrected chi connectivity index (χ4v) is 8.18. The van der Waals surface area contributed by atoms with Crippen molar-refractivity contribution in [2.24, 2.45) is 5.92 Å². The number of rotatable bonds is 9. The summed E-state index contributed by atoms with van der Waals surface area (Å²) in [5, 5.41) is 2.25. The van der Waals surface area contributed by atoms with E-state index in [9.17, 15) is 24.0 Å². The van der Waals surface area contributed by atoms with Crippen LogP contribution in [-0.4, -0.2) is 145 Å². The number of piperazine rings is 2. The number of benzene rings is 2. The number of anilines is 1. The normalized spacial score (nSPS) is 24.2. The minimum Gasteiger partial charge on any atom is -0.445 e. The van der Waals surface area contributed by atoms with Gasteiger partial charge in [0.15, 0.2) is 0 Å². The average molecular weight is 700 g/mol. The highest BCUT2D eigenvalue weighted by Crippen LogP contribution is 2.31. The first-order valence-corrected chi connectivity index (χ1v) is 18.5. The van der Waals surface area contributed by atoms with Gasteiger partial charge in [-0.25, -0.2) is 4.79 Å². The van der Waals surface area contributed by atoms with Crippen LogP contribution in [0.25, 0.3) is 0 Å². The summed E-state index contributed by atoms with van der Waals surface area (Å²) in [5.74, 6) is -1.24. The molecule has 5 aliphatic heterocycles. The number of carbonyl (C=O) groups excluding carboxylic acids is 5. The Morgan fingerprint density at radius 1 is 0.804 bits per heavy atom. The van der Waals surface area contributed by atoms with Gasteiger partial charge in [0, 0.05) is 83.6 Å². The maximum absolute atomic E-state index is 13.3. The van der Waals surface area contributed by atoms with Gasteiger partial charge in [0.05, 0.1) is 11.1 Å². The zero-order valence-corrected chi connectivity index (χ0v) is 29.5. The Bertz CT molecular complexity index is 1620. The smallest absolute Gasteiger partial charge is 0.410 e. The molecule has 2 atom stereocenters. The van der Waals surface area contributed by atoms with Gasteiger partial charge in [-0.3, -0.25) is 39.2 Å². The number of hydrogen-bond acceptors (Lipinski definition) is 10. The Hall–Kier alpha value is -4.33. The molecular formula is C38H49N7O6. The Morgan fingerprint density at radius 3 is 2.27 bits per heavy atom. The number of piperidine rings is 2. The summed E-state index contributed by atoms with van der Waals surface area (Å²) in [5.41, 5.74) is 2.55. The monoisotopic (exact) mass is 699 g/mol. The van der Waals surface area contributed by atoms with Gasteiger partial charge in [-0.1, -0.05) is 30.3 Å². The summed E-state index contributed by atoms with van der Waals surface area (Å²) in [6.45, 7) is 13.7. The van der Waals surface area contributed by atoms with Gasteiger partial charge >= 0.3 is 6.09 Å². The Kier molecular flexibility index (Phi) is 10.7. The van der Waals surface area contributed by atoms with Crippen LogP contribution in [0.2, 0.25) is 0 Å². The molecule has 4 fully saturated rings. The lowest BCUT2D eigenvalue weighted by molar-refractivity contribution is -0.136. The fourth-order valence-electron chi connectivity index (χ4n) is 8.18. The second-order valence-corrected chi connectivity index (χ2v) is 14.6. The topological polar surface area (TPSA) is 126 Å². The number of nitrogens with zero attached hydrogens (tertiary/aromatic N) is 6. The van der Waals surface area contributed by atoms with Crippen molar-refractivity contribution in [1.82, 2.24) is 29.8 Å². The summed E-state index contributed by atoms with van der Waals surface area (Å²) in [6, 6.07) is 14.5. The molecule has 1 unspecified atom stereocenters. The number of hydrogen-bond donors (Lipinski definition) is 1. The minimum atomic E-state index is -0.955. The Labute approximate surface area is 299 Å². The minimum absolute atomic E-state index is 0.105. The first-order chi connectivity index (χ1) is 24.7. The molecule has 0 saturated carbocycles. The van der Waals surface area contributed by atoms with Crippen LogP contribution < -0.4 is 10.2 Å². The van der Waals surface area contributed by atoms with Crippen molar-refractivity contribution in [1.29, 1.82) is 0 Å². The van der Waals surface area contributed by atoms with Crippen molar-refractivity contribution in [2.45, 2.75) is 51.3 Å². The van der Waals surface area contributed by atoms with Crippen molar-refractivity contribution < 1.29 is 28.7 Å². The summed E-state index contributed by atoms with van der Waals surface area (Å²) in [6.07, 6.45) is 2.42. The second-order valence-electron chi connectivity index (χ2n) is 14.6. The number of likely N-dealkylation sites (tertiary alicyclic amines) is 1. The van der Waals surface area contributed by atoms with Crippen molar-refractivity contribution in [2.75, 3.05) is 83.4 Å². The van der Waals surface area contributed by atoms with Crippen LogP contribution in [-0.2, 0) is 20.9 Å². The van der Waals surface area contributed by atoms with Gasteiger partial charge in [-0.05, 0) is 69.0 Å². The summed E-state index contributed by atoms with van der Waals surface area (Å²) >= 11 is 0. The molecule has 13 heteroatoms. The average Bonchev–Trinajstić information content (AvgIpc) is 3.39. The number of amides is 5. The molecule has 7 rings (SSSR count). The summed E-state index contributed by atoms with van der Waals surface area (Å²) in [7, 11) is 0. The van der Waals surface area contributed by atoms with Crippen LogP contribution >= 0.6 is 0 Å². The molecule has 5 heterocycles. The van der Waals surface area contributed by atoms with E-state index in [1.54, 1.807) is 12.1 Å². The number of fused-ring (bicyclic) bond motifs is 1. The van der Waals surface area contributed by atoms with E-state index in [1.807, 2.05) is 41.3 Å². The van der Waals surface area contributed by atoms with Gasteiger partial charge in [0.1, 0.15) is 12.6 Å². The third-order valence-electron chi connectivity index (χ3n) is 11.3. The molecule has 13 nitrogen and oxygen atoms in total. The molecule has 272 valence electrons. The van der Waals surface area contributed by atoms with Crippen LogP contribution in [0.1, 0.15) is 58.9 Å². The molecule has 1 N–H and O–H groups in total. The lowest BCUT2D eigenvalue weighted by Crippen LogP contribution is -2.55. The lowest BCUT2D eigenvalue weighted by Gasteiger charge is -2.41. The van der Waals surface area contributed by atoms with Crippen LogP contribution in [0.5, 0.6) is 0 Å². The third kappa shape index (κ3) is 7.95. The molecule has 0 bridgehead atoms. The molecule has 0 aromatic heterocycles. The molecular weight excluding hydrogens is 650 g/mol. The maximum Gasteiger partial charge on any atom is 0.410 e. The molecule has 0 aliphatic carbocycles. The molecule has 51 heavy (non-hydrogen) atoms. The van der Waals surface area contributed by atoms with E-state index in [0.717, 1.165) is 81.6 Å². The van der Waals surface area contributed by atoms with Gasteiger partial charge < -0.3 is 19.4 Å². The van der Waals surface area contributed by atoms with Crippen LogP contribution in [0.3, 0.4) is 0 Å². The highest BCUT2D eigenvalue weighted by Gasteiger charge is 2.45. The maximum atomic E-state index is 13.3. The fraction of sp³-hybridized carbons (Fsp3) is 0.553. The van der Waals surface area contributed by atoms with E-state index in [0.29, 0.717) is 42.8 Å². The van der Waals surface area contributed by atoms with E-state index in [2.05, 4.69) is 31.8 Å². The largest absolute Gasteiger partial charge is 0.445 e. The van der Waals surface area contributed by atoms with E-state index in [-0.39, 0.29) is 24.8 Å².